The standard InChI is InChI=1S/C15H20N4/c1-3-9-19(4-2)14-11-7-5-6-8-13(11)18-10-12(14)15(16)17/h5-8,10H,3-4,9H2,1-2H3,(H3,16,17). The molecule has 0 aliphatic carbocycles. The molecule has 0 amide bonds. The van der Waals surface area contributed by atoms with Crippen LogP contribution in [-0.4, -0.2) is 23.9 Å². The smallest absolute Gasteiger partial charge is 0.126 e. The highest BCUT2D eigenvalue weighted by Crippen LogP contribution is 2.29. The van der Waals surface area contributed by atoms with Crippen LogP contribution in [0.1, 0.15) is 25.8 Å². The number of nitrogens with two attached hydrogens (primary N) is 1. The first-order valence-corrected chi connectivity index (χ1v) is 6.66. The number of rotatable bonds is 5. The molecule has 0 saturated heterocycles. The molecule has 0 bridgehead atoms. The molecule has 1 aromatic heterocycles. The van der Waals surface area contributed by atoms with Gasteiger partial charge in [-0.15, -0.1) is 0 Å². The molecular weight excluding hydrogens is 236 g/mol. The maximum Gasteiger partial charge on any atom is 0.126 e. The summed E-state index contributed by atoms with van der Waals surface area (Å²) in [4.78, 5) is 6.66. The van der Waals surface area contributed by atoms with Gasteiger partial charge in [-0.05, 0) is 19.4 Å². The van der Waals surface area contributed by atoms with Crippen LogP contribution in [-0.2, 0) is 0 Å². The van der Waals surface area contributed by atoms with E-state index >= 15 is 0 Å². The lowest BCUT2D eigenvalue weighted by molar-refractivity contribution is 0.793. The van der Waals surface area contributed by atoms with Gasteiger partial charge in [-0.25, -0.2) is 0 Å². The number of anilines is 1. The number of hydrogen-bond donors (Lipinski definition) is 2. The van der Waals surface area contributed by atoms with Gasteiger partial charge in [0.2, 0.25) is 0 Å². The zero-order chi connectivity index (χ0) is 13.8. The number of pyridine rings is 1. The molecule has 0 aliphatic rings. The Hall–Kier alpha value is -2.10. The van der Waals surface area contributed by atoms with Crippen molar-refractivity contribution in [3.63, 3.8) is 0 Å². The predicted molar refractivity (Wildman–Crippen MR) is 80.9 cm³/mol. The van der Waals surface area contributed by atoms with Gasteiger partial charge < -0.3 is 10.6 Å². The van der Waals surface area contributed by atoms with Gasteiger partial charge in [0.25, 0.3) is 0 Å². The Morgan fingerprint density at radius 2 is 2.05 bits per heavy atom. The van der Waals surface area contributed by atoms with E-state index in [4.69, 9.17) is 11.1 Å². The second-order valence-electron chi connectivity index (χ2n) is 4.53. The van der Waals surface area contributed by atoms with E-state index in [2.05, 4.69) is 23.7 Å². The second kappa shape index (κ2) is 5.69. The molecule has 0 unspecified atom stereocenters. The molecule has 3 N–H and O–H groups in total. The molecule has 0 spiro atoms. The predicted octanol–water partition coefficient (Wildman–Crippen LogP) is 2.76. The molecule has 19 heavy (non-hydrogen) atoms. The van der Waals surface area contributed by atoms with Crippen molar-refractivity contribution in [1.29, 1.82) is 5.41 Å². The summed E-state index contributed by atoms with van der Waals surface area (Å²) >= 11 is 0. The number of benzene rings is 1. The molecule has 0 fully saturated rings. The Morgan fingerprint density at radius 3 is 2.68 bits per heavy atom. The molecule has 2 rings (SSSR count). The van der Waals surface area contributed by atoms with Crippen LogP contribution in [0, 0.1) is 5.41 Å². The minimum atomic E-state index is 0.0720. The minimum absolute atomic E-state index is 0.0720. The summed E-state index contributed by atoms with van der Waals surface area (Å²) in [7, 11) is 0. The van der Waals surface area contributed by atoms with Crippen LogP contribution in [0.15, 0.2) is 30.5 Å². The third-order valence-electron chi connectivity index (χ3n) is 3.23. The number of amidine groups is 1. The number of fused-ring (bicyclic) bond motifs is 1. The van der Waals surface area contributed by atoms with Crippen molar-refractivity contribution in [1.82, 2.24) is 4.98 Å². The van der Waals surface area contributed by atoms with Crippen molar-refractivity contribution >= 4 is 22.4 Å². The highest BCUT2D eigenvalue weighted by molar-refractivity contribution is 6.07. The fourth-order valence-corrected chi connectivity index (χ4v) is 2.36. The summed E-state index contributed by atoms with van der Waals surface area (Å²) in [6, 6.07) is 8.00. The van der Waals surface area contributed by atoms with E-state index in [-0.39, 0.29) is 5.84 Å². The summed E-state index contributed by atoms with van der Waals surface area (Å²) in [5.74, 6) is 0.0720. The lowest BCUT2D eigenvalue weighted by Gasteiger charge is -2.26. The lowest BCUT2D eigenvalue weighted by Crippen LogP contribution is -2.27. The van der Waals surface area contributed by atoms with Crippen LogP contribution in [0.25, 0.3) is 10.9 Å². The van der Waals surface area contributed by atoms with Crippen molar-refractivity contribution in [2.75, 3.05) is 18.0 Å². The number of nitrogen functional groups attached to an aromatic ring is 1. The van der Waals surface area contributed by atoms with Crippen molar-refractivity contribution in [3.05, 3.63) is 36.0 Å². The van der Waals surface area contributed by atoms with E-state index in [0.717, 1.165) is 36.1 Å². The molecule has 1 aromatic carbocycles. The number of hydrogen-bond acceptors (Lipinski definition) is 3. The second-order valence-corrected chi connectivity index (χ2v) is 4.53. The zero-order valence-corrected chi connectivity index (χ0v) is 11.5. The molecule has 4 heteroatoms. The Morgan fingerprint density at radius 1 is 1.32 bits per heavy atom. The Balaban J connectivity index is 2.71. The summed E-state index contributed by atoms with van der Waals surface area (Å²) in [6.45, 7) is 6.11. The van der Waals surface area contributed by atoms with Gasteiger partial charge in [0.05, 0.1) is 16.8 Å². The minimum Gasteiger partial charge on any atom is -0.384 e. The molecular formula is C15H20N4. The van der Waals surface area contributed by atoms with Crippen molar-refractivity contribution in [2.45, 2.75) is 20.3 Å². The maximum absolute atomic E-state index is 7.76. The third kappa shape index (κ3) is 2.52. The van der Waals surface area contributed by atoms with E-state index in [9.17, 15) is 0 Å². The number of nitrogens with one attached hydrogen (secondary N) is 1. The molecule has 100 valence electrons. The van der Waals surface area contributed by atoms with Crippen molar-refractivity contribution in [2.24, 2.45) is 5.73 Å². The fraction of sp³-hybridized carbons (Fsp3) is 0.333. The average molecular weight is 256 g/mol. The Kier molecular flexibility index (Phi) is 4.00. The normalized spacial score (nSPS) is 10.6. The molecule has 0 radical (unpaired) electrons. The van der Waals surface area contributed by atoms with E-state index in [0.29, 0.717) is 5.56 Å². The van der Waals surface area contributed by atoms with Crippen LogP contribution < -0.4 is 10.6 Å². The summed E-state index contributed by atoms with van der Waals surface area (Å²) in [5.41, 5.74) is 8.40. The van der Waals surface area contributed by atoms with E-state index < -0.39 is 0 Å². The summed E-state index contributed by atoms with van der Waals surface area (Å²) in [5, 5.41) is 8.82. The molecule has 1 heterocycles. The van der Waals surface area contributed by atoms with Crippen molar-refractivity contribution in [3.8, 4) is 0 Å². The number of aromatic nitrogens is 1. The molecule has 0 atom stereocenters. The van der Waals surface area contributed by atoms with Crippen LogP contribution >= 0.6 is 0 Å². The van der Waals surface area contributed by atoms with Gasteiger partial charge in [0, 0.05) is 24.7 Å². The van der Waals surface area contributed by atoms with Crippen LogP contribution in [0.4, 0.5) is 5.69 Å². The van der Waals surface area contributed by atoms with Crippen LogP contribution in [0.3, 0.4) is 0 Å². The first-order valence-electron chi connectivity index (χ1n) is 6.66. The molecule has 2 aromatic rings. The topological polar surface area (TPSA) is 66.0 Å². The van der Waals surface area contributed by atoms with Gasteiger partial charge in [0.1, 0.15) is 5.84 Å². The van der Waals surface area contributed by atoms with E-state index in [1.807, 2.05) is 24.3 Å². The highest BCUT2D eigenvalue weighted by atomic mass is 15.1. The quantitative estimate of drug-likeness (QED) is 0.638. The van der Waals surface area contributed by atoms with E-state index in [1.165, 1.54) is 0 Å². The molecule has 4 nitrogen and oxygen atoms in total. The summed E-state index contributed by atoms with van der Waals surface area (Å²) < 4.78 is 0. The Labute approximate surface area is 113 Å². The largest absolute Gasteiger partial charge is 0.384 e. The lowest BCUT2D eigenvalue weighted by atomic mass is 10.1. The first-order chi connectivity index (χ1) is 9.19. The summed E-state index contributed by atoms with van der Waals surface area (Å²) in [6.07, 6.45) is 2.76. The van der Waals surface area contributed by atoms with Gasteiger partial charge in [0.15, 0.2) is 0 Å². The molecule has 0 aliphatic heterocycles. The van der Waals surface area contributed by atoms with Crippen LogP contribution in [0.5, 0.6) is 0 Å². The van der Waals surface area contributed by atoms with Gasteiger partial charge in [-0.2, -0.15) is 0 Å². The first kappa shape index (κ1) is 13.3. The monoisotopic (exact) mass is 256 g/mol. The van der Waals surface area contributed by atoms with Crippen LogP contribution in [0.2, 0.25) is 0 Å². The zero-order valence-electron chi connectivity index (χ0n) is 11.5. The van der Waals surface area contributed by atoms with Gasteiger partial charge >= 0.3 is 0 Å². The van der Waals surface area contributed by atoms with E-state index in [1.54, 1.807) is 6.20 Å². The third-order valence-corrected chi connectivity index (χ3v) is 3.23. The number of nitrogens with zero attached hydrogens (tertiary/aromatic N) is 2. The maximum atomic E-state index is 7.76. The van der Waals surface area contributed by atoms with Gasteiger partial charge in [-0.1, -0.05) is 25.1 Å². The Bertz CT molecular complexity index is 592. The fourth-order valence-electron chi connectivity index (χ4n) is 2.36. The SMILES string of the molecule is CCCN(CC)c1c(C(=N)N)cnc2ccccc12. The molecule has 0 saturated carbocycles. The van der Waals surface area contributed by atoms with Crippen molar-refractivity contribution < 1.29 is 0 Å². The number of para-hydroxylation sites is 1. The highest BCUT2D eigenvalue weighted by Gasteiger charge is 2.15. The average Bonchev–Trinajstić information content (AvgIpc) is 2.43. The van der Waals surface area contributed by atoms with Gasteiger partial charge in [-0.3, -0.25) is 10.4 Å².